The van der Waals surface area contributed by atoms with Gasteiger partial charge in [0.1, 0.15) is 12.4 Å². The molecule has 0 aliphatic heterocycles. The van der Waals surface area contributed by atoms with E-state index in [1.165, 1.54) is 0 Å². The molecule has 0 saturated heterocycles. The van der Waals surface area contributed by atoms with Gasteiger partial charge in [-0.2, -0.15) is 5.10 Å². The Morgan fingerprint density at radius 2 is 1.80 bits per heavy atom. The Bertz CT molecular complexity index is 682. The van der Waals surface area contributed by atoms with Gasteiger partial charge in [-0.1, -0.05) is 15.9 Å². The van der Waals surface area contributed by atoms with Crippen LogP contribution < -0.4 is 4.74 Å². The van der Waals surface area contributed by atoms with E-state index in [1.54, 1.807) is 12.4 Å². The van der Waals surface area contributed by atoms with Gasteiger partial charge in [0.05, 0.1) is 0 Å². The Hall–Kier alpha value is -2.21. The first-order chi connectivity index (χ1) is 9.81. The van der Waals surface area contributed by atoms with Crippen molar-refractivity contribution in [1.29, 1.82) is 0 Å². The molecule has 2 heterocycles. The van der Waals surface area contributed by atoms with Gasteiger partial charge < -0.3 is 4.74 Å². The van der Waals surface area contributed by atoms with Crippen molar-refractivity contribution in [2.45, 2.75) is 6.61 Å². The standard InChI is InChI=1S/C14H11BrN4O/c15-11-1-3-12(4-2-11)20-9-13-17-14(19-18-13)10-5-7-16-8-6-10/h1-8H,9H2,(H,17,18,19). The second kappa shape index (κ2) is 5.83. The number of benzene rings is 1. The molecule has 0 fully saturated rings. The van der Waals surface area contributed by atoms with Crippen LogP contribution in [0.25, 0.3) is 11.4 Å². The van der Waals surface area contributed by atoms with Crippen LogP contribution in [0.4, 0.5) is 0 Å². The Morgan fingerprint density at radius 1 is 1.05 bits per heavy atom. The Morgan fingerprint density at radius 3 is 2.55 bits per heavy atom. The third kappa shape index (κ3) is 3.03. The van der Waals surface area contributed by atoms with Gasteiger partial charge in [-0.25, -0.2) is 4.98 Å². The van der Waals surface area contributed by atoms with Gasteiger partial charge in [-0.05, 0) is 36.4 Å². The molecule has 0 aliphatic rings. The van der Waals surface area contributed by atoms with Crippen molar-refractivity contribution in [2.75, 3.05) is 0 Å². The number of nitrogens with zero attached hydrogens (tertiary/aromatic N) is 3. The largest absolute Gasteiger partial charge is 0.486 e. The van der Waals surface area contributed by atoms with Crippen molar-refractivity contribution >= 4 is 15.9 Å². The van der Waals surface area contributed by atoms with Crippen LogP contribution in [0.3, 0.4) is 0 Å². The number of rotatable bonds is 4. The van der Waals surface area contributed by atoms with Crippen molar-refractivity contribution in [3.63, 3.8) is 0 Å². The number of hydrogen-bond acceptors (Lipinski definition) is 4. The first-order valence-electron chi connectivity index (χ1n) is 6.01. The molecule has 1 N–H and O–H groups in total. The Labute approximate surface area is 124 Å². The van der Waals surface area contributed by atoms with E-state index in [4.69, 9.17) is 4.74 Å². The summed E-state index contributed by atoms with van der Waals surface area (Å²) in [6.45, 7) is 0.347. The number of ether oxygens (including phenoxy) is 1. The summed E-state index contributed by atoms with van der Waals surface area (Å²) in [5.41, 5.74) is 0.922. The smallest absolute Gasteiger partial charge is 0.181 e. The lowest BCUT2D eigenvalue weighted by atomic mass is 10.2. The summed E-state index contributed by atoms with van der Waals surface area (Å²) in [6, 6.07) is 11.4. The van der Waals surface area contributed by atoms with Crippen LogP contribution in [0, 0.1) is 0 Å². The maximum Gasteiger partial charge on any atom is 0.181 e. The zero-order valence-corrected chi connectivity index (χ0v) is 12.0. The van der Waals surface area contributed by atoms with E-state index in [-0.39, 0.29) is 0 Å². The second-order valence-corrected chi connectivity index (χ2v) is 5.00. The van der Waals surface area contributed by atoms with Crippen LogP contribution in [-0.4, -0.2) is 20.2 Å². The molecule has 0 radical (unpaired) electrons. The summed E-state index contributed by atoms with van der Waals surface area (Å²) in [5.74, 6) is 2.11. The molecule has 0 amide bonds. The summed E-state index contributed by atoms with van der Waals surface area (Å²) >= 11 is 3.38. The molecular weight excluding hydrogens is 320 g/mol. The number of aromatic amines is 1. The van der Waals surface area contributed by atoms with E-state index in [0.717, 1.165) is 15.8 Å². The van der Waals surface area contributed by atoms with E-state index in [0.29, 0.717) is 18.3 Å². The number of H-pyrrole nitrogens is 1. The first-order valence-corrected chi connectivity index (χ1v) is 6.80. The van der Waals surface area contributed by atoms with Gasteiger partial charge in [0.2, 0.25) is 0 Å². The lowest BCUT2D eigenvalue weighted by Gasteiger charge is -2.03. The van der Waals surface area contributed by atoms with E-state index >= 15 is 0 Å². The lowest BCUT2D eigenvalue weighted by molar-refractivity contribution is 0.296. The normalized spacial score (nSPS) is 10.4. The van der Waals surface area contributed by atoms with Crippen LogP contribution >= 0.6 is 15.9 Å². The molecule has 3 rings (SSSR count). The minimum Gasteiger partial charge on any atom is -0.486 e. The predicted octanol–water partition coefficient (Wildman–Crippen LogP) is 3.21. The van der Waals surface area contributed by atoms with Crippen molar-refractivity contribution in [1.82, 2.24) is 20.2 Å². The first kappa shape index (κ1) is 12.8. The molecule has 0 bridgehead atoms. The van der Waals surface area contributed by atoms with Gasteiger partial charge in [0.25, 0.3) is 0 Å². The third-order valence-electron chi connectivity index (χ3n) is 2.66. The summed E-state index contributed by atoms with van der Waals surface area (Å²) in [5, 5.41) is 7.03. The zero-order valence-electron chi connectivity index (χ0n) is 10.5. The molecular formula is C14H11BrN4O. The van der Waals surface area contributed by atoms with Crippen LogP contribution in [0.1, 0.15) is 5.82 Å². The van der Waals surface area contributed by atoms with E-state index in [9.17, 15) is 0 Å². The maximum absolute atomic E-state index is 5.63. The topological polar surface area (TPSA) is 63.7 Å². The second-order valence-electron chi connectivity index (χ2n) is 4.08. The van der Waals surface area contributed by atoms with Crippen molar-refractivity contribution in [3.8, 4) is 17.1 Å². The highest BCUT2D eigenvalue weighted by Gasteiger charge is 2.06. The monoisotopic (exact) mass is 330 g/mol. The Kier molecular flexibility index (Phi) is 3.73. The van der Waals surface area contributed by atoms with Crippen LogP contribution in [0.15, 0.2) is 53.3 Å². The summed E-state index contributed by atoms with van der Waals surface area (Å²) in [4.78, 5) is 8.35. The summed E-state index contributed by atoms with van der Waals surface area (Å²) in [7, 11) is 0. The van der Waals surface area contributed by atoms with E-state index in [1.807, 2.05) is 36.4 Å². The van der Waals surface area contributed by atoms with Gasteiger partial charge >= 0.3 is 0 Å². The highest BCUT2D eigenvalue weighted by molar-refractivity contribution is 9.10. The highest BCUT2D eigenvalue weighted by Crippen LogP contribution is 2.17. The lowest BCUT2D eigenvalue weighted by Crippen LogP contribution is -1.97. The predicted molar refractivity (Wildman–Crippen MR) is 78.1 cm³/mol. The fourth-order valence-electron chi connectivity index (χ4n) is 1.67. The van der Waals surface area contributed by atoms with Crippen LogP contribution in [0.5, 0.6) is 5.75 Å². The highest BCUT2D eigenvalue weighted by atomic mass is 79.9. The number of aromatic nitrogens is 4. The van der Waals surface area contributed by atoms with Gasteiger partial charge in [0.15, 0.2) is 11.6 Å². The minimum absolute atomic E-state index is 0.347. The minimum atomic E-state index is 0.347. The molecule has 20 heavy (non-hydrogen) atoms. The number of hydrogen-bond donors (Lipinski definition) is 1. The molecule has 3 aromatic rings. The number of halogens is 1. The van der Waals surface area contributed by atoms with E-state index < -0.39 is 0 Å². The summed E-state index contributed by atoms with van der Waals surface area (Å²) < 4.78 is 6.65. The van der Waals surface area contributed by atoms with Gasteiger partial charge in [-0.15, -0.1) is 0 Å². The molecule has 0 unspecified atom stereocenters. The summed E-state index contributed by atoms with van der Waals surface area (Å²) in [6.07, 6.45) is 3.42. The fraction of sp³-hybridized carbons (Fsp3) is 0.0714. The Balaban J connectivity index is 1.67. The van der Waals surface area contributed by atoms with Crippen LogP contribution in [-0.2, 0) is 6.61 Å². The molecule has 0 spiro atoms. The SMILES string of the molecule is Brc1ccc(OCc2nc(-c3ccncc3)n[nH]2)cc1. The van der Waals surface area contributed by atoms with Crippen molar-refractivity contribution in [2.24, 2.45) is 0 Å². The van der Waals surface area contributed by atoms with Gasteiger partial charge in [0, 0.05) is 22.4 Å². The van der Waals surface area contributed by atoms with Crippen LogP contribution in [0.2, 0.25) is 0 Å². The number of nitrogens with one attached hydrogen (secondary N) is 1. The molecule has 5 nitrogen and oxygen atoms in total. The molecule has 2 aromatic heterocycles. The molecule has 100 valence electrons. The zero-order chi connectivity index (χ0) is 13.8. The van der Waals surface area contributed by atoms with Gasteiger partial charge in [-0.3, -0.25) is 10.1 Å². The number of pyridine rings is 1. The molecule has 6 heteroatoms. The maximum atomic E-state index is 5.63. The van der Waals surface area contributed by atoms with E-state index in [2.05, 4.69) is 36.1 Å². The molecule has 0 saturated carbocycles. The van der Waals surface area contributed by atoms with Crippen molar-refractivity contribution < 1.29 is 4.74 Å². The molecule has 0 atom stereocenters. The average molecular weight is 331 g/mol. The molecule has 1 aromatic carbocycles. The van der Waals surface area contributed by atoms with Crippen molar-refractivity contribution in [3.05, 3.63) is 59.1 Å². The average Bonchev–Trinajstić information content (AvgIpc) is 2.97. The molecule has 0 aliphatic carbocycles. The third-order valence-corrected chi connectivity index (χ3v) is 3.19. The quantitative estimate of drug-likeness (QED) is 0.797. The fourth-order valence-corrected chi connectivity index (χ4v) is 1.94.